The van der Waals surface area contributed by atoms with Gasteiger partial charge in [0.25, 0.3) is 5.91 Å². The SMILES string of the molecule is CN1C(=O)/C(=C\c2ccc(COc3ccc(Br)cc3Cl)o2)NC1=S. The van der Waals surface area contributed by atoms with E-state index in [9.17, 15) is 4.79 Å². The number of nitrogens with one attached hydrogen (secondary N) is 1. The number of likely N-dealkylation sites (N-methyl/N-ethyl adjacent to an activating group) is 1. The zero-order valence-corrected chi connectivity index (χ0v) is 15.7. The van der Waals surface area contributed by atoms with Gasteiger partial charge in [0.15, 0.2) is 5.11 Å². The summed E-state index contributed by atoms with van der Waals surface area (Å²) in [5, 5.41) is 3.71. The Morgan fingerprint density at radius 1 is 1.42 bits per heavy atom. The monoisotopic (exact) mass is 426 g/mol. The molecule has 3 rings (SSSR count). The van der Waals surface area contributed by atoms with E-state index in [1.807, 2.05) is 6.07 Å². The van der Waals surface area contributed by atoms with Crippen LogP contribution in [0.25, 0.3) is 6.08 Å². The van der Waals surface area contributed by atoms with Gasteiger partial charge in [-0.1, -0.05) is 27.5 Å². The first-order valence-electron chi connectivity index (χ1n) is 6.91. The van der Waals surface area contributed by atoms with Crippen LogP contribution in [0.5, 0.6) is 5.75 Å². The predicted octanol–water partition coefficient (Wildman–Crippen LogP) is 3.96. The lowest BCUT2D eigenvalue weighted by Crippen LogP contribution is -2.25. The van der Waals surface area contributed by atoms with Gasteiger partial charge in [-0.2, -0.15) is 0 Å². The fourth-order valence-corrected chi connectivity index (χ4v) is 2.98. The van der Waals surface area contributed by atoms with Crippen LogP contribution in [0.1, 0.15) is 11.5 Å². The number of carbonyl (C=O) groups is 1. The Morgan fingerprint density at radius 2 is 2.21 bits per heavy atom. The summed E-state index contributed by atoms with van der Waals surface area (Å²) in [5.41, 5.74) is 0.375. The molecule has 8 heteroatoms. The average Bonchev–Trinajstić information content (AvgIpc) is 3.08. The minimum absolute atomic E-state index is 0.198. The van der Waals surface area contributed by atoms with E-state index in [-0.39, 0.29) is 12.5 Å². The van der Waals surface area contributed by atoms with E-state index in [0.717, 1.165) is 4.47 Å². The number of thiocarbonyl (C=S) groups is 1. The van der Waals surface area contributed by atoms with Crippen molar-refractivity contribution >= 4 is 56.8 Å². The number of amides is 1. The maximum Gasteiger partial charge on any atom is 0.276 e. The molecule has 1 fully saturated rings. The highest BCUT2D eigenvalue weighted by Gasteiger charge is 2.27. The molecule has 0 unspecified atom stereocenters. The van der Waals surface area contributed by atoms with E-state index >= 15 is 0 Å². The van der Waals surface area contributed by atoms with Crippen LogP contribution in [0.15, 0.2) is 44.9 Å². The van der Waals surface area contributed by atoms with E-state index in [1.54, 1.807) is 37.4 Å². The van der Waals surface area contributed by atoms with Gasteiger partial charge in [-0.15, -0.1) is 0 Å². The molecule has 0 aliphatic carbocycles. The Kier molecular flexibility index (Phi) is 4.93. The van der Waals surface area contributed by atoms with Crippen molar-refractivity contribution in [2.24, 2.45) is 0 Å². The van der Waals surface area contributed by atoms with E-state index in [2.05, 4.69) is 21.2 Å². The smallest absolute Gasteiger partial charge is 0.276 e. The minimum Gasteiger partial charge on any atom is -0.484 e. The molecule has 0 atom stereocenters. The third kappa shape index (κ3) is 3.63. The summed E-state index contributed by atoms with van der Waals surface area (Å²) in [7, 11) is 1.61. The highest BCUT2D eigenvalue weighted by molar-refractivity contribution is 9.10. The number of hydrogen-bond donors (Lipinski definition) is 1. The molecule has 0 bridgehead atoms. The fraction of sp³-hybridized carbons (Fsp3) is 0.125. The van der Waals surface area contributed by atoms with Crippen LogP contribution in [0, 0.1) is 0 Å². The molecule has 2 heterocycles. The highest BCUT2D eigenvalue weighted by atomic mass is 79.9. The molecule has 124 valence electrons. The minimum atomic E-state index is -0.198. The number of benzene rings is 1. The molecular formula is C16H12BrClN2O3S. The molecule has 0 radical (unpaired) electrons. The van der Waals surface area contributed by atoms with Gasteiger partial charge in [-0.05, 0) is 42.5 Å². The van der Waals surface area contributed by atoms with Crippen molar-refractivity contribution in [3.8, 4) is 5.75 Å². The summed E-state index contributed by atoms with van der Waals surface area (Å²) in [4.78, 5) is 13.3. The van der Waals surface area contributed by atoms with E-state index in [1.165, 1.54) is 4.90 Å². The van der Waals surface area contributed by atoms with Crippen molar-refractivity contribution in [3.63, 3.8) is 0 Å². The topological polar surface area (TPSA) is 54.7 Å². The standard InChI is InChI=1S/C16H12BrClN2O3S/c1-20-15(21)13(19-16(20)24)7-10-3-4-11(23-10)8-22-14-5-2-9(17)6-12(14)18/h2-7H,8H2,1H3,(H,19,24)/b13-7+. The number of halogens is 2. The molecule has 2 aromatic rings. The first kappa shape index (κ1) is 17.0. The molecule has 1 aliphatic heterocycles. The van der Waals surface area contributed by atoms with Gasteiger partial charge in [0.2, 0.25) is 0 Å². The molecule has 0 spiro atoms. The van der Waals surface area contributed by atoms with E-state index in [4.69, 9.17) is 33.0 Å². The molecule has 1 amide bonds. The van der Waals surface area contributed by atoms with Crippen LogP contribution >= 0.6 is 39.7 Å². The first-order chi connectivity index (χ1) is 11.4. The average molecular weight is 428 g/mol. The van der Waals surface area contributed by atoms with Gasteiger partial charge >= 0.3 is 0 Å². The van der Waals surface area contributed by atoms with Gasteiger partial charge in [0.1, 0.15) is 29.6 Å². The van der Waals surface area contributed by atoms with Gasteiger partial charge in [-0.25, -0.2) is 0 Å². The Labute approximate surface area is 157 Å². The fourth-order valence-electron chi connectivity index (χ4n) is 2.06. The number of nitrogens with zero attached hydrogens (tertiary/aromatic N) is 1. The first-order valence-corrected chi connectivity index (χ1v) is 8.49. The molecule has 1 aromatic carbocycles. The van der Waals surface area contributed by atoms with Crippen molar-refractivity contribution in [3.05, 3.63) is 57.0 Å². The van der Waals surface area contributed by atoms with Gasteiger partial charge in [0, 0.05) is 17.6 Å². The zero-order chi connectivity index (χ0) is 17.3. The summed E-state index contributed by atoms with van der Waals surface area (Å²) in [6.07, 6.45) is 1.61. The van der Waals surface area contributed by atoms with Crippen molar-refractivity contribution in [2.75, 3.05) is 7.05 Å². The van der Waals surface area contributed by atoms with E-state index < -0.39 is 0 Å². The summed E-state index contributed by atoms with van der Waals surface area (Å²) < 4.78 is 12.2. The lowest BCUT2D eigenvalue weighted by atomic mass is 10.3. The second-order valence-corrected chi connectivity index (χ2v) is 6.73. The van der Waals surface area contributed by atoms with Gasteiger partial charge < -0.3 is 14.5 Å². The predicted molar refractivity (Wildman–Crippen MR) is 98.7 cm³/mol. The summed E-state index contributed by atoms with van der Waals surface area (Å²) in [6.45, 7) is 0.226. The normalized spacial score (nSPS) is 16.0. The molecular weight excluding hydrogens is 416 g/mol. The Hall–Kier alpha value is -1.83. The second-order valence-electron chi connectivity index (χ2n) is 5.02. The summed E-state index contributed by atoms with van der Waals surface area (Å²) in [6, 6.07) is 8.91. The largest absolute Gasteiger partial charge is 0.484 e. The van der Waals surface area contributed by atoms with Crippen molar-refractivity contribution in [2.45, 2.75) is 6.61 Å². The molecule has 1 aliphatic rings. The maximum absolute atomic E-state index is 11.9. The summed E-state index contributed by atoms with van der Waals surface area (Å²) >= 11 is 14.5. The second kappa shape index (κ2) is 6.96. The molecule has 5 nitrogen and oxygen atoms in total. The van der Waals surface area contributed by atoms with Crippen LogP contribution in [0.4, 0.5) is 0 Å². The van der Waals surface area contributed by atoms with Crippen LogP contribution in [-0.4, -0.2) is 23.0 Å². The number of carbonyl (C=O) groups excluding carboxylic acids is 1. The van der Waals surface area contributed by atoms with Crippen LogP contribution < -0.4 is 10.1 Å². The van der Waals surface area contributed by atoms with Gasteiger partial charge in [-0.3, -0.25) is 9.69 Å². The molecule has 24 heavy (non-hydrogen) atoms. The lowest BCUT2D eigenvalue weighted by Gasteiger charge is -2.06. The number of furan rings is 1. The Balaban J connectivity index is 1.68. The van der Waals surface area contributed by atoms with Crippen molar-refractivity contribution in [1.82, 2.24) is 10.2 Å². The molecule has 1 saturated heterocycles. The number of rotatable bonds is 4. The third-order valence-electron chi connectivity index (χ3n) is 3.31. The number of ether oxygens (including phenoxy) is 1. The molecule has 1 aromatic heterocycles. The quantitative estimate of drug-likeness (QED) is 0.591. The molecule has 0 saturated carbocycles. The third-order valence-corrected chi connectivity index (χ3v) is 4.48. The van der Waals surface area contributed by atoms with Crippen molar-refractivity contribution < 1.29 is 13.9 Å². The summed E-state index contributed by atoms with van der Waals surface area (Å²) in [5.74, 6) is 1.51. The maximum atomic E-state index is 11.9. The van der Waals surface area contributed by atoms with Crippen molar-refractivity contribution in [1.29, 1.82) is 0 Å². The number of hydrogen-bond acceptors (Lipinski definition) is 4. The van der Waals surface area contributed by atoms with E-state index in [0.29, 0.717) is 33.1 Å². The highest BCUT2D eigenvalue weighted by Crippen LogP contribution is 2.28. The van der Waals surface area contributed by atoms with Crippen LogP contribution in [0.2, 0.25) is 5.02 Å². The van der Waals surface area contributed by atoms with Gasteiger partial charge in [0.05, 0.1) is 5.02 Å². The Bertz CT molecular complexity index is 850. The lowest BCUT2D eigenvalue weighted by molar-refractivity contribution is -0.121. The Morgan fingerprint density at radius 3 is 2.88 bits per heavy atom. The van der Waals surface area contributed by atoms with Crippen LogP contribution in [0.3, 0.4) is 0 Å². The molecule has 1 N–H and O–H groups in total. The zero-order valence-electron chi connectivity index (χ0n) is 12.5. The van der Waals surface area contributed by atoms with Crippen LogP contribution in [-0.2, 0) is 11.4 Å².